The van der Waals surface area contributed by atoms with E-state index >= 15 is 0 Å². The Balaban J connectivity index is 1.24. The number of alkyl halides is 3. The number of nitrogens with zero attached hydrogens (tertiary/aromatic N) is 2. The molecule has 180 valence electrons. The Kier molecular flexibility index (Phi) is 7.09. The number of carbonyl (C=O) groups excluding carboxylic acids is 1. The number of aliphatic hydroxyl groups is 1. The van der Waals surface area contributed by atoms with Gasteiger partial charge in [0.15, 0.2) is 0 Å². The van der Waals surface area contributed by atoms with E-state index in [-0.39, 0.29) is 30.4 Å². The smallest absolute Gasteiger partial charge is 0.393 e. The first-order valence-electron chi connectivity index (χ1n) is 11.7. The molecule has 0 radical (unpaired) electrons. The third kappa shape index (κ3) is 5.58. The summed E-state index contributed by atoms with van der Waals surface area (Å²) in [6, 6.07) is 5.74. The van der Waals surface area contributed by atoms with Crippen molar-refractivity contribution >= 4 is 22.5 Å². The first-order valence-corrected chi connectivity index (χ1v) is 11.7. The van der Waals surface area contributed by atoms with Crippen LogP contribution in [-0.2, 0) is 11.0 Å². The van der Waals surface area contributed by atoms with Crippen molar-refractivity contribution in [3.05, 3.63) is 36.0 Å². The summed E-state index contributed by atoms with van der Waals surface area (Å²) in [7, 11) is 0. The van der Waals surface area contributed by atoms with Crippen LogP contribution in [0.15, 0.2) is 30.5 Å². The lowest BCUT2D eigenvalue weighted by Gasteiger charge is -2.47. The quantitative estimate of drug-likeness (QED) is 0.581. The maximum absolute atomic E-state index is 13.1. The summed E-state index contributed by atoms with van der Waals surface area (Å²) >= 11 is 0. The summed E-state index contributed by atoms with van der Waals surface area (Å²) in [4.78, 5) is 18.9. The van der Waals surface area contributed by atoms with Gasteiger partial charge in [-0.05, 0) is 61.6 Å². The first-order chi connectivity index (χ1) is 15.7. The molecule has 4 rings (SSSR count). The number of pyridine rings is 1. The van der Waals surface area contributed by atoms with Crippen molar-refractivity contribution in [3.63, 3.8) is 0 Å². The highest BCUT2D eigenvalue weighted by Gasteiger charge is 2.36. The van der Waals surface area contributed by atoms with Gasteiger partial charge < -0.3 is 15.7 Å². The Morgan fingerprint density at radius 2 is 1.94 bits per heavy atom. The number of fused-ring (bicyclic) bond motifs is 1. The molecule has 9 heteroatoms. The van der Waals surface area contributed by atoms with Gasteiger partial charge >= 0.3 is 6.18 Å². The van der Waals surface area contributed by atoms with Gasteiger partial charge in [0, 0.05) is 30.7 Å². The first kappa shape index (κ1) is 23.8. The van der Waals surface area contributed by atoms with Crippen molar-refractivity contribution in [2.24, 2.45) is 5.92 Å². The summed E-state index contributed by atoms with van der Waals surface area (Å²) in [6.45, 7) is 3.57. The number of anilines is 1. The average Bonchev–Trinajstić information content (AvgIpc) is 2.78. The summed E-state index contributed by atoms with van der Waals surface area (Å²) < 4.78 is 39.2. The second-order valence-corrected chi connectivity index (χ2v) is 9.21. The third-order valence-electron chi connectivity index (χ3n) is 7.00. The predicted octanol–water partition coefficient (Wildman–Crippen LogP) is 3.80. The molecule has 1 aromatic heterocycles. The van der Waals surface area contributed by atoms with Gasteiger partial charge in [-0.15, -0.1) is 0 Å². The molecule has 1 aliphatic heterocycles. The second kappa shape index (κ2) is 9.85. The highest BCUT2D eigenvalue weighted by molar-refractivity contribution is 5.93. The molecule has 2 aromatic rings. The van der Waals surface area contributed by atoms with Crippen LogP contribution in [0.1, 0.15) is 44.6 Å². The van der Waals surface area contributed by atoms with Gasteiger partial charge in [-0.1, -0.05) is 13.0 Å². The van der Waals surface area contributed by atoms with Crippen LogP contribution >= 0.6 is 0 Å². The molecular weight excluding hydrogens is 433 g/mol. The van der Waals surface area contributed by atoms with Crippen LogP contribution < -0.4 is 10.6 Å². The number of aromatic nitrogens is 1. The van der Waals surface area contributed by atoms with Crippen molar-refractivity contribution < 1.29 is 23.1 Å². The fourth-order valence-electron chi connectivity index (χ4n) is 5.02. The van der Waals surface area contributed by atoms with Crippen molar-refractivity contribution in [1.29, 1.82) is 0 Å². The monoisotopic (exact) mass is 464 g/mol. The largest absolute Gasteiger partial charge is 0.416 e. The summed E-state index contributed by atoms with van der Waals surface area (Å²) in [5, 5.41) is 16.9. The number of hydrogen-bond donors (Lipinski definition) is 3. The minimum atomic E-state index is -4.44. The van der Waals surface area contributed by atoms with Crippen LogP contribution in [-0.4, -0.2) is 58.7 Å². The van der Waals surface area contributed by atoms with E-state index in [1.807, 2.05) is 6.92 Å². The van der Waals surface area contributed by atoms with Crippen LogP contribution in [0, 0.1) is 5.92 Å². The molecule has 2 aliphatic rings. The van der Waals surface area contributed by atoms with Crippen molar-refractivity contribution in [3.8, 4) is 0 Å². The molecule has 3 N–H and O–H groups in total. The summed E-state index contributed by atoms with van der Waals surface area (Å²) in [5.74, 6) is 0.458. The van der Waals surface area contributed by atoms with E-state index in [0.717, 1.165) is 57.3 Å². The molecule has 0 spiro atoms. The number of nitrogens with one attached hydrogen (secondary N) is 2. The van der Waals surface area contributed by atoms with Gasteiger partial charge in [-0.3, -0.25) is 9.69 Å². The predicted molar refractivity (Wildman–Crippen MR) is 121 cm³/mol. The van der Waals surface area contributed by atoms with Gasteiger partial charge in [-0.2, -0.15) is 13.2 Å². The third-order valence-corrected chi connectivity index (χ3v) is 7.00. The second-order valence-electron chi connectivity index (χ2n) is 9.21. The van der Waals surface area contributed by atoms with E-state index in [1.54, 1.807) is 6.07 Å². The number of likely N-dealkylation sites (tertiary alicyclic amines) is 1. The van der Waals surface area contributed by atoms with Crippen LogP contribution in [0.25, 0.3) is 10.8 Å². The molecule has 1 amide bonds. The zero-order valence-corrected chi connectivity index (χ0v) is 18.7. The molecule has 1 saturated carbocycles. The van der Waals surface area contributed by atoms with Crippen LogP contribution in [0.2, 0.25) is 0 Å². The lowest BCUT2D eigenvalue weighted by molar-refractivity contribution is -0.137. The van der Waals surface area contributed by atoms with Gasteiger partial charge in [0.25, 0.3) is 0 Å². The molecular formula is C24H31F3N4O2. The number of rotatable bonds is 7. The maximum Gasteiger partial charge on any atom is 0.416 e. The van der Waals surface area contributed by atoms with E-state index in [1.165, 1.54) is 12.3 Å². The van der Waals surface area contributed by atoms with Crippen LogP contribution in [0.4, 0.5) is 19.0 Å². The lowest BCUT2D eigenvalue weighted by Crippen LogP contribution is -2.63. The molecule has 1 saturated heterocycles. The van der Waals surface area contributed by atoms with Crippen molar-refractivity contribution in [2.45, 2.75) is 63.4 Å². The molecule has 1 aromatic carbocycles. The van der Waals surface area contributed by atoms with E-state index in [2.05, 4.69) is 20.5 Å². The zero-order valence-electron chi connectivity index (χ0n) is 18.7. The average molecular weight is 465 g/mol. The molecule has 2 heterocycles. The standard InChI is InChI=1S/C24H31F3N4O2/c1-2-21(32)16-4-7-19(8-5-16)31-13-18(14-31)30-22(33)12-29-23-20-11-17(24(25,26)27)6-3-15(20)9-10-28-23/h3,6,9-11,16,18-19,21,32H,2,4-5,7-8,12-14H2,1H3,(H,28,29)(H,30,33). The summed E-state index contributed by atoms with van der Waals surface area (Å²) in [5.41, 5.74) is -0.747. The lowest BCUT2D eigenvalue weighted by atomic mass is 9.80. The number of aliphatic hydroxyl groups excluding tert-OH is 1. The maximum atomic E-state index is 13.1. The van der Waals surface area contributed by atoms with E-state index in [0.29, 0.717) is 22.7 Å². The van der Waals surface area contributed by atoms with Crippen LogP contribution in [0.5, 0.6) is 0 Å². The topological polar surface area (TPSA) is 77.5 Å². The van der Waals surface area contributed by atoms with E-state index in [9.17, 15) is 23.1 Å². The molecule has 1 aliphatic carbocycles. The Hall–Kier alpha value is -2.39. The molecule has 33 heavy (non-hydrogen) atoms. The normalized spacial score (nSPS) is 23.2. The fraction of sp³-hybridized carbons (Fsp3) is 0.583. The minimum absolute atomic E-state index is 0.0567. The van der Waals surface area contributed by atoms with Gasteiger partial charge in [0.2, 0.25) is 5.91 Å². The number of carbonyl (C=O) groups is 1. The van der Waals surface area contributed by atoms with Gasteiger partial charge in [0.1, 0.15) is 5.82 Å². The van der Waals surface area contributed by atoms with E-state index in [4.69, 9.17) is 0 Å². The number of halogens is 3. The Bertz CT molecular complexity index is 970. The molecule has 2 fully saturated rings. The zero-order chi connectivity index (χ0) is 23.6. The molecule has 1 atom stereocenters. The highest BCUT2D eigenvalue weighted by Crippen LogP contribution is 2.34. The Morgan fingerprint density at radius 3 is 2.61 bits per heavy atom. The highest BCUT2D eigenvalue weighted by atomic mass is 19.4. The minimum Gasteiger partial charge on any atom is -0.393 e. The number of amides is 1. The summed E-state index contributed by atoms with van der Waals surface area (Å²) in [6.07, 6.45) is 1.93. The molecule has 0 bridgehead atoms. The Labute approximate surface area is 191 Å². The van der Waals surface area contributed by atoms with Crippen molar-refractivity contribution in [2.75, 3.05) is 25.0 Å². The molecule has 6 nitrogen and oxygen atoms in total. The fourth-order valence-corrected chi connectivity index (χ4v) is 5.02. The van der Waals surface area contributed by atoms with Gasteiger partial charge in [0.05, 0.1) is 24.3 Å². The molecule has 1 unspecified atom stereocenters. The number of hydrogen-bond acceptors (Lipinski definition) is 5. The van der Waals surface area contributed by atoms with Gasteiger partial charge in [-0.25, -0.2) is 4.98 Å². The Morgan fingerprint density at radius 1 is 1.21 bits per heavy atom. The number of benzene rings is 1. The van der Waals surface area contributed by atoms with Crippen molar-refractivity contribution in [1.82, 2.24) is 15.2 Å². The van der Waals surface area contributed by atoms with E-state index < -0.39 is 11.7 Å². The SMILES string of the molecule is CCC(O)C1CCC(N2CC(NC(=O)CNc3nccc4ccc(C(F)(F)F)cc34)C2)CC1. The van der Waals surface area contributed by atoms with Crippen LogP contribution in [0.3, 0.4) is 0 Å².